The molecule has 7 atom stereocenters. The van der Waals surface area contributed by atoms with Crippen molar-refractivity contribution in [2.24, 2.45) is 23.7 Å². The van der Waals surface area contributed by atoms with Crippen LogP contribution in [0.1, 0.15) is 45.6 Å². The van der Waals surface area contributed by atoms with Crippen molar-refractivity contribution in [3.63, 3.8) is 0 Å². The summed E-state index contributed by atoms with van der Waals surface area (Å²) in [5, 5.41) is 28.8. The van der Waals surface area contributed by atoms with Crippen LogP contribution in [0.5, 0.6) is 0 Å². The Balaban J connectivity index is 1.20. The third-order valence-electron chi connectivity index (χ3n) is 9.17. The standard InChI is InChI=1S/C33H44N4O7S2/c1-19(2)16-37(46(41,42)23-11-12-26-29(15-23)45-32(35-26)34-22-9-10-22)17-28(38)27(14-21-7-5-4-6-8-21)36-33(40)44-30-20(3)13-24-25(30)18-43-31(24)39/h4-8,11-12,15,19-20,22,24-25,27-28,30-31,38-39H,9-10,13-14,16-18H2,1-3H3,(H,34,35)(H,36,40)/t20-,24+,25+,27-,28+,30-,31-/m0/s1. The monoisotopic (exact) mass is 672 g/mol. The summed E-state index contributed by atoms with van der Waals surface area (Å²) < 4.78 is 41.5. The highest BCUT2D eigenvalue weighted by molar-refractivity contribution is 7.89. The second-order valence-electron chi connectivity index (χ2n) is 13.4. The highest BCUT2D eigenvalue weighted by Crippen LogP contribution is 2.44. The van der Waals surface area contributed by atoms with Crippen LogP contribution in [0, 0.1) is 23.7 Å². The van der Waals surface area contributed by atoms with Crippen LogP contribution in [0.2, 0.25) is 0 Å². The summed E-state index contributed by atoms with van der Waals surface area (Å²) in [5.41, 5.74) is 1.60. The molecule has 6 rings (SSSR count). The van der Waals surface area contributed by atoms with Gasteiger partial charge in [-0.2, -0.15) is 4.31 Å². The van der Waals surface area contributed by atoms with E-state index in [4.69, 9.17) is 9.47 Å². The number of rotatable bonds is 13. The van der Waals surface area contributed by atoms with E-state index >= 15 is 0 Å². The first-order valence-corrected chi connectivity index (χ1v) is 18.4. The molecule has 3 aromatic rings. The highest BCUT2D eigenvalue weighted by atomic mass is 32.2. The predicted molar refractivity (Wildman–Crippen MR) is 176 cm³/mol. The lowest BCUT2D eigenvalue weighted by atomic mass is 9.98. The summed E-state index contributed by atoms with van der Waals surface area (Å²) in [5.74, 6) is -0.162. The van der Waals surface area contributed by atoms with Crippen molar-refractivity contribution in [3.8, 4) is 0 Å². The number of hydrogen-bond donors (Lipinski definition) is 4. The summed E-state index contributed by atoms with van der Waals surface area (Å²) in [4.78, 5) is 18.0. The smallest absolute Gasteiger partial charge is 0.407 e. The van der Waals surface area contributed by atoms with Gasteiger partial charge in [0.15, 0.2) is 11.4 Å². The number of carbonyl (C=O) groups is 1. The van der Waals surface area contributed by atoms with Gasteiger partial charge in [-0.05, 0) is 61.3 Å². The zero-order chi connectivity index (χ0) is 32.6. The number of sulfonamides is 1. The number of amides is 1. The zero-order valence-corrected chi connectivity index (χ0v) is 28.0. The Morgan fingerprint density at radius 2 is 1.91 bits per heavy atom. The average molecular weight is 673 g/mol. The van der Waals surface area contributed by atoms with Crippen molar-refractivity contribution in [1.29, 1.82) is 0 Å². The molecule has 11 nitrogen and oxygen atoms in total. The van der Waals surface area contributed by atoms with Crippen LogP contribution >= 0.6 is 11.3 Å². The summed E-state index contributed by atoms with van der Waals surface area (Å²) in [6, 6.07) is 14.0. The first-order valence-electron chi connectivity index (χ1n) is 16.1. The zero-order valence-electron chi connectivity index (χ0n) is 26.4. The number of benzene rings is 2. The maximum atomic E-state index is 14.1. The van der Waals surface area contributed by atoms with Crippen molar-refractivity contribution < 1.29 is 32.9 Å². The molecule has 1 amide bonds. The Hall–Kier alpha value is -2.81. The molecule has 0 radical (unpaired) electrons. The summed E-state index contributed by atoms with van der Waals surface area (Å²) in [7, 11) is -4.01. The molecular weight excluding hydrogens is 629 g/mol. The van der Waals surface area contributed by atoms with E-state index in [0.29, 0.717) is 19.1 Å². The lowest BCUT2D eigenvalue weighted by molar-refractivity contribution is -0.0858. The molecule has 0 bridgehead atoms. The molecule has 46 heavy (non-hydrogen) atoms. The number of ether oxygens (including phenoxy) is 2. The van der Waals surface area contributed by atoms with E-state index in [1.807, 2.05) is 51.1 Å². The van der Waals surface area contributed by atoms with Crippen LogP contribution in [-0.4, -0.2) is 84.3 Å². The molecule has 1 aliphatic heterocycles. The molecule has 0 spiro atoms. The van der Waals surface area contributed by atoms with E-state index in [0.717, 1.165) is 33.8 Å². The second-order valence-corrected chi connectivity index (χ2v) is 16.4. The van der Waals surface area contributed by atoms with Gasteiger partial charge >= 0.3 is 6.09 Å². The van der Waals surface area contributed by atoms with Crippen LogP contribution < -0.4 is 10.6 Å². The lowest BCUT2D eigenvalue weighted by Crippen LogP contribution is -2.51. The maximum Gasteiger partial charge on any atom is 0.407 e. The van der Waals surface area contributed by atoms with Crippen LogP contribution in [-0.2, 0) is 25.9 Å². The van der Waals surface area contributed by atoms with Crippen molar-refractivity contribution in [1.82, 2.24) is 14.6 Å². The van der Waals surface area contributed by atoms with E-state index in [1.165, 1.54) is 15.6 Å². The number of alkyl carbamates (subject to hydrolysis) is 1. The number of nitrogens with one attached hydrogen (secondary N) is 2. The number of aromatic nitrogens is 1. The third-order valence-corrected chi connectivity index (χ3v) is 12.0. The second kappa shape index (κ2) is 13.7. The normalized spacial score (nSPS) is 25.9. The number of anilines is 1. The van der Waals surface area contributed by atoms with Crippen LogP contribution in [0.15, 0.2) is 53.4 Å². The Morgan fingerprint density at radius 1 is 1.15 bits per heavy atom. The Labute approximate surface area is 274 Å². The van der Waals surface area contributed by atoms with E-state index in [2.05, 4.69) is 15.6 Å². The largest absolute Gasteiger partial charge is 0.446 e. The predicted octanol–water partition coefficient (Wildman–Crippen LogP) is 4.21. The molecule has 3 fully saturated rings. The number of aliphatic hydroxyl groups is 2. The quantitative estimate of drug-likeness (QED) is 0.210. The molecule has 3 aliphatic rings. The number of nitrogens with zero attached hydrogens (tertiary/aromatic N) is 2. The van der Waals surface area contributed by atoms with Gasteiger partial charge in [-0.25, -0.2) is 18.2 Å². The van der Waals surface area contributed by atoms with Crippen molar-refractivity contribution in [3.05, 3.63) is 54.1 Å². The van der Waals surface area contributed by atoms with Gasteiger partial charge in [0.1, 0.15) is 6.10 Å². The van der Waals surface area contributed by atoms with E-state index in [-0.39, 0.29) is 48.1 Å². The van der Waals surface area contributed by atoms with Gasteiger partial charge in [-0.1, -0.05) is 62.4 Å². The number of carbonyl (C=O) groups excluding carboxylic acids is 1. The summed E-state index contributed by atoms with van der Waals surface area (Å²) >= 11 is 1.43. The Bertz CT molecular complexity index is 1610. The van der Waals surface area contributed by atoms with Crippen molar-refractivity contribution >= 4 is 42.8 Å². The number of fused-ring (bicyclic) bond motifs is 2. The van der Waals surface area contributed by atoms with Crippen LogP contribution in [0.4, 0.5) is 9.93 Å². The minimum atomic E-state index is -4.01. The van der Waals surface area contributed by atoms with Crippen LogP contribution in [0.25, 0.3) is 10.2 Å². The molecule has 0 unspecified atom stereocenters. The molecule has 2 saturated carbocycles. The summed E-state index contributed by atoms with van der Waals surface area (Å²) in [6.07, 6.45) is -0.0476. The molecule has 4 N–H and O–H groups in total. The highest BCUT2D eigenvalue weighted by Gasteiger charge is 2.51. The molecule has 250 valence electrons. The molecule has 2 aliphatic carbocycles. The van der Waals surface area contributed by atoms with E-state index < -0.39 is 40.7 Å². The average Bonchev–Trinajstić information content (AvgIpc) is 3.50. The van der Waals surface area contributed by atoms with Crippen LogP contribution in [0.3, 0.4) is 0 Å². The topological polar surface area (TPSA) is 150 Å². The first-order chi connectivity index (χ1) is 22.0. The first kappa shape index (κ1) is 33.1. The molecule has 1 aromatic heterocycles. The summed E-state index contributed by atoms with van der Waals surface area (Å²) in [6.45, 7) is 6.11. The fourth-order valence-electron chi connectivity index (χ4n) is 6.64. The Kier molecular flexibility index (Phi) is 9.88. The SMILES string of the molecule is CC(C)CN(C[C@@H](O)[C@H](Cc1ccccc1)NC(=O)O[C@@H]1[C@@H]2CO[C@H](O)[C@@H]2C[C@@H]1C)S(=O)(=O)c1ccc2nc(NC3CC3)sc2c1. The molecule has 1 saturated heterocycles. The van der Waals surface area contributed by atoms with Gasteiger partial charge < -0.3 is 30.3 Å². The van der Waals surface area contributed by atoms with Gasteiger partial charge in [0, 0.05) is 31.0 Å². The fraction of sp³-hybridized carbons (Fsp3) is 0.576. The minimum Gasteiger partial charge on any atom is -0.446 e. The van der Waals surface area contributed by atoms with E-state index in [9.17, 15) is 23.4 Å². The van der Waals surface area contributed by atoms with Gasteiger partial charge in [-0.3, -0.25) is 0 Å². The van der Waals surface area contributed by atoms with Gasteiger partial charge in [0.05, 0.1) is 33.9 Å². The number of aliphatic hydroxyl groups excluding tert-OH is 2. The molecule has 13 heteroatoms. The van der Waals surface area contributed by atoms with Crippen molar-refractivity contribution in [2.45, 2.75) is 81.9 Å². The Morgan fingerprint density at radius 3 is 2.63 bits per heavy atom. The van der Waals surface area contributed by atoms with Gasteiger partial charge in [-0.15, -0.1) is 0 Å². The van der Waals surface area contributed by atoms with Gasteiger partial charge in [0.2, 0.25) is 10.0 Å². The lowest BCUT2D eigenvalue weighted by Gasteiger charge is -2.31. The minimum absolute atomic E-state index is 0.0188. The van der Waals surface area contributed by atoms with Gasteiger partial charge in [0.25, 0.3) is 0 Å². The fourth-order valence-corrected chi connectivity index (χ4v) is 9.34. The third kappa shape index (κ3) is 7.50. The molecular formula is C33H44N4O7S2. The number of thiazole rings is 1. The number of hydrogen-bond acceptors (Lipinski definition) is 10. The molecule has 2 aromatic carbocycles. The molecule has 2 heterocycles. The maximum absolute atomic E-state index is 14.1. The van der Waals surface area contributed by atoms with E-state index in [1.54, 1.807) is 18.2 Å². The van der Waals surface area contributed by atoms with Crippen molar-refractivity contribution in [2.75, 3.05) is 25.0 Å².